The molecule has 6 heteroatoms. The van der Waals surface area contributed by atoms with Crippen molar-refractivity contribution in [3.05, 3.63) is 23.7 Å². The highest BCUT2D eigenvalue weighted by Gasteiger charge is 2.19. The molecule has 26 heavy (non-hydrogen) atoms. The van der Waals surface area contributed by atoms with Crippen molar-refractivity contribution in [2.24, 2.45) is 0 Å². The molecule has 0 N–H and O–H groups in total. The van der Waals surface area contributed by atoms with Gasteiger partial charge in [-0.1, -0.05) is 38.5 Å². The van der Waals surface area contributed by atoms with Crippen molar-refractivity contribution in [1.82, 2.24) is 0 Å². The van der Waals surface area contributed by atoms with Gasteiger partial charge in [-0.15, -0.1) is 0 Å². The van der Waals surface area contributed by atoms with E-state index in [2.05, 4.69) is 0 Å². The first kappa shape index (κ1) is 20.3. The average Bonchev–Trinajstić information content (AvgIpc) is 3.23. The third kappa shape index (κ3) is 7.93. The molecule has 0 bridgehead atoms. The van der Waals surface area contributed by atoms with Gasteiger partial charge in [0.2, 0.25) is 0 Å². The summed E-state index contributed by atoms with van der Waals surface area (Å²) < 4.78 is 20.5. The van der Waals surface area contributed by atoms with E-state index < -0.39 is 0 Å². The summed E-state index contributed by atoms with van der Waals surface area (Å²) in [4.78, 5) is 22.4. The van der Waals surface area contributed by atoms with Crippen LogP contribution >= 0.6 is 0 Å². The van der Waals surface area contributed by atoms with Crippen LogP contribution in [-0.4, -0.2) is 38.4 Å². The molecular weight excluding hydrogens is 336 g/mol. The minimum atomic E-state index is -0.243. The molecule has 0 amide bonds. The Morgan fingerprint density at radius 2 is 1.04 bits per heavy atom. The van der Waals surface area contributed by atoms with Gasteiger partial charge in [-0.2, -0.15) is 0 Å². The molecule has 2 rings (SSSR count). The minimum Gasteiger partial charge on any atom is -0.501 e. The third-order valence-corrected chi connectivity index (χ3v) is 4.46. The monoisotopic (exact) mass is 366 g/mol. The quantitative estimate of drug-likeness (QED) is 0.214. The second kappa shape index (κ2) is 12.4. The van der Waals surface area contributed by atoms with Crippen molar-refractivity contribution in [3.8, 4) is 0 Å². The normalized spacial score (nSPS) is 19.8. The van der Waals surface area contributed by atoms with Gasteiger partial charge in [-0.3, -0.25) is 0 Å². The van der Waals surface area contributed by atoms with Crippen LogP contribution in [0.2, 0.25) is 0 Å². The lowest BCUT2D eigenvalue weighted by molar-refractivity contribution is -0.136. The highest BCUT2D eigenvalue weighted by molar-refractivity contribution is 5.90. The van der Waals surface area contributed by atoms with Gasteiger partial charge in [-0.05, 0) is 12.8 Å². The lowest BCUT2D eigenvalue weighted by Crippen LogP contribution is -1.97. The van der Waals surface area contributed by atoms with Gasteiger partial charge < -0.3 is 18.9 Å². The standard InChI is InChI=1S/C20H30O6/c21-19-17(9-13-25-19)15-23-11-7-5-3-1-2-4-6-8-12-24-16-18-10-14-26-20(18)22/h15-16H,1-14H2/b17-15-,18-16-. The first-order valence-corrected chi connectivity index (χ1v) is 9.73. The second-order valence-electron chi connectivity index (χ2n) is 6.63. The Labute approximate surface area is 155 Å². The molecule has 0 aromatic heterocycles. The van der Waals surface area contributed by atoms with E-state index in [1.807, 2.05) is 0 Å². The van der Waals surface area contributed by atoms with Gasteiger partial charge in [-0.25, -0.2) is 9.59 Å². The van der Waals surface area contributed by atoms with E-state index in [1.165, 1.54) is 25.7 Å². The fraction of sp³-hybridized carbons (Fsp3) is 0.700. The molecule has 0 atom stereocenters. The third-order valence-electron chi connectivity index (χ3n) is 4.46. The van der Waals surface area contributed by atoms with E-state index in [0.29, 0.717) is 50.4 Å². The molecule has 0 aliphatic carbocycles. The number of hydrogen-bond acceptors (Lipinski definition) is 6. The van der Waals surface area contributed by atoms with Gasteiger partial charge in [0.05, 0.1) is 50.1 Å². The summed E-state index contributed by atoms with van der Waals surface area (Å²) in [7, 11) is 0. The summed E-state index contributed by atoms with van der Waals surface area (Å²) >= 11 is 0. The lowest BCUT2D eigenvalue weighted by atomic mass is 10.1. The largest absolute Gasteiger partial charge is 0.501 e. The molecular formula is C20H30O6. The fourth-order valence-electron chi connectivity index (χ4n) is 2.86. The molecule has 0 radical (unpaired) electrons. The zero-order valence-electron chi connectivity index (χ0n) is 15.5. The van der Waals surface area contributed by atoms with Crippen LogP contribution in [-0.2, 0) is 28.5 Å². The van der Waals surface area contributed by atoms with Crippen molar-refractivity contribution in [1.29, 1.82) is 0 Å². The van der Waals surface area contributed by atoms with Crippen LogP contribution < -0.4 is 0 Å². The predicted octanol–water partition coefficient (Wildman–Crippen LogP) is 3.80. The maximum absolute atomic E-state index is 11.2. The molecule has 2 saturated heterocycles. The van der Waals surface area contributed by atoms with Crippen molar-refractivity contribution in [2.75, 3.05) is 26.4 Å². The predicted molar refractivity (Wildman–Crippen MR) is 96.2 cm³/mol. The Hall–Kier alpha value is -1.98. The van der Waals surface area contributed by atoms with E-state index in [4.69, 9.17) is 18.9 Å². The van der Waals surface area contributed by atoms with E-state index >= 15 is 0 Å². The summed E-state index contributed by atoms with van der Waals surface area (Å²) in [6, 6.07) is 0. The Morgan fingerprint density at radius 3 is 1.38 bits per heavy atom. The molecule has 2 fully saturated rings. The van der Waals surface area contributed by atoms with Gasteiger partial charge in [0.25, 0.3) is 0 Å². The van der Waals surface area contributed by atoms with Gasteiger partial charge in [0.1, 0.15) is 0 Å². The maximum Gasteiger partial charge on any atom is 0.337 e. The van der Waals surface area contributed by atoms with Crippen molar-refractivity contribution in [2.45, 2.75) is 64.2 Å². The van der Waals surface area contributed by atoms with Crippen molar-refractivity contribution in [3.63, 3.8) is 0 Å². The summed E-state index contributed by atoms with van der Waals surface area (Å²) in [5.74, 6) is -0.485. The maximum atomic E-state index is 11.2. The molecule has 6 nitrogen and oxygen atoms in total. The van der Waals surface area contributed by atoms with Crippen LogP contribution in [0, 0.1) is 0 Å². The molecule has 0 spiro atoms. The van der Waals surface area contributed by atoms with E-state index in [0.717, 1.165) is 25.7 Å². The average molecular weight is 366 g/mol. The molecule has 146 valence electrons. The van der Waals surface area contributed by atoms with Crippen LogP contribution in [0.5, 0.6) is 0 Å². The highest BCUT2D eigenvalue weighted by atomic mass is 16.5. The highest BCUT2D eigenvalue weighted by Crippen LogP contribution is 2.14. The molecule has 0 unspecified atom stereocenters. The number of hydrogen-bond donors (Lipinski definition) is 0. The van der Waals surface area contributed by atoms with Crippen molar-refractivity contribution < 1.29 is 28.5 Å². The Kier molecular flexibility index (Phi) is 9.69. The zero-order valence-corrected chi connectivity index (χ0v) is 15.5. The smallest absolute Gasteiger partial charge is 0.337 e. The van der Waals surface area contributed by atoms with Crippen LogP contribution in [0.25, 0.3) is 0 Å². The zero-order chi connectivity index (χ0) is 18.5. The fourth-order valence-corrected chi connectivity index (χ4v) is 2.86. The summed E-state index contributed by atoms with van der Waals surface area (Å²) in [5.41, 5.74) is 1.29. The lowest BCUT2D eigenvalue weighted by Gasteiger charge is -2.04. The molecule has 2 aliphatic heterocycles. The van der Waals surface area contributed by atoms with Crippen LogP contribution in [0.1, 0.15) is 64.2 Å². The Balaban J connectivity index is 1.31. The number of rotatable bonds is 13. The number of carbonyl (C=O) groups excluding carboxylic acids is 2. The molecule has 0 aromatic rings. The minimum absolute atomic E-state index is 0.243. The summed E-state index contributed by atoms with van der Waals surface area (Å²) in [5, 5.41) is 0. The molecule has 0 aromatic carbocycles. The first-order chi connectivity index (χ1) is 12.8. The summed E-state index contributed by atoms with van der Waals surface area (Å²) in [6.45, 7) is 2.29. The first-order valence-electron chi connectivity index (χ1n) is 9.73. The van der Waals surface area contributed by atoms with Crippen molar-refractivity contribution >= 4 is 11.9 Å². The van der Waals surface area contributed by atoms with Gasteiger partial charge >= 0.3 is 11.9 Å². The topological polar surface area (TPSA) is 71.1 Å². The number of ether oxygens (including phenoxy) is 4. The molecule has 2 heterocycles. The van der Waals surface area contributed by atoms with E-state index in [1.54, 1.807) is 12.5 Å². The van der Waals surface area contributed by atoms with Crippen LogP contribution in [0.4, 0.5) is 0 Å². The summed E-state index contributed by atoms with van der Waals surface area (Å²) in [6.07, 6.45) is 13.7. The van der Waals surface area contributed by atoms with E-state index in [-0.39, 0.29) is 11.9 Å². The number of carbonyl (C=O) groups is 2. The van der Waals surface area contributed by atoms with Gasteiger partial charge in [0.15, 0.2) is 0 Å². The second-order valence-corrected chi connectivity index (χ2v) is 6.63. The number of unbranched alkanes of at least 4 members (excludes halogenated alkanes) is 7. The number of esters is 2. The Bertz CT molecular complexity index is 462. The number of cyclic esters (lactones) is 2. The van der Waals surface area contributed by atoms with Crippen LogP contribution in [0.15, 0.2) is 23.7 Å². The van der Waals surface area contributed by atoms with Gasteiger partial charge in [0, 0.05) is 12.8 Å². The van der Waals surface area contributed by atoms with E-state index in [9.17, 15) is 9.59 Å². The SMILES string of the molecule is O=C1OCC/C1=C/OCCCCCCCCCCO/C=C1/CCOC1=O. The molecule has 2 aliphatic rings. The Morgan fingerprint density at radius 1 is 0.654 bits per heavy atom. The van der Waals surface area contributed by atoms with Crippen LogP contribution in [0.3, 0.4) is 0 Å². The molecule has 0 saturated carbocycles.